The standard InChI is InChI=1S/C22H30INO6Si/c1-12(2)31(5,6)30-16-8-7-15(19-20(16)29-22(3,4)28-19)24-21(25)13-9-17-18(10-14(13)23)27-11-26-17/h7-10,12,15-16,19-20H,11H2,1-6H3,(H,24,25)/t15-,16-,19+,20-/m1/s1. The Kier molecular flexibility index (Phi) is 6.19. The number of amides is 1. The van der Waals surface area contributed by atoms with Gasteiger partial charge in [0.15, 0.2) is 25.6 Å². The first-order valence-corrected chi connectivity index (χ1v) is 14.6. The topological polar surface area (TPSA) is 75.3 Å². The zero-order valence-electron chi connectivity index (χ0n) is 18.7. The first-order chi connectivity index (χ1) is 14.5. The Balaban J connectivity index is 1.55. The van der Waals surface area contributed by atoms with Crippen LogP contribution in [0.5, 0.6) is 11.5 Å². The van der Waals surface area contributed by atoms with Gasteiger partial charge in [0.1, 0.15) is 12.2 Å². The van der Waals surface area contributed by atoms with Gasteiger partial charge in [-0.05, 0) is 67.2 Å². The number of nitrogens with one attached hydrogen (secondary N) is 1. The number of halogens is 1. The van der Waals surface area contributed by atoms with E-state index in [1.807, 2.05) is 32.1 Å². The molecule has 1 fully saturated rings. The first kappa shape index (κ1) is 23.0. The molecule has 1 saturated heterocycles. The average molecular weight is 559 g/mol. The molecule has 2 aliphatic heterocycles. The third kappa shape index (κ3) is 4.66. The molecule has 4 rings (SSSR count). The molecule has 2 heterocycles. The van der Waals surface area contributed by atoms with Crippen LogP contribution in [0.1, 0.15) is 38.1 Å². The van der Waals surface area contributed by atoms with Gasteiger partial charge < -0.3 is 28.7 Å². The van der Waals surface area contributed by atoms with Crippen molar-refractivity contribution in [2.45, 2.75) is 76.5 Å². The summed E-state index contributed by atoms with van der Waals surface area (Å²) in [7, 11) is -1.90. The molecule has 4 atom stereocenters. The molecule has 1 amide bonds. The van der Waals surface area contributed by atoms with Crippen LogP contribution in [0.3, 0.4) is 0 Å². The second kappa shape index (κ2) is 8.33. The van der Waals surface area contributed by atoms with E-state index in [-0.39, 0.29) is 37.1 Å². The summed E-state index contributed by atoms with van der Waals surface area (Å²) in [6, 6.07) is 3.21. The minimum Gasteiger partial charge on any atom is -0.454 e. The van der Waals surface area contributed by atoms with E-state index < -0.39 is 14.1 Å². The summed E-state index contributed by atoms with van der Waals surface area (Å²) in [4.78, 5) is 13.1. The van der Waals surface area contributed by atoms with Crippen molar-refractivity contribution in [1.29, 1.82) is 0 Å². The van der Waals surface area contributed by atoms with Gasteiger partial charge in [-0.1, -0.05) is 26.0 Å². The van der Waals surface area contributed by atoms with E-state index in [0.717, 1.165) is 3.57 Å². The molecule has 0 bridgehead atoms. The Hall–Kier alpha value is -1.14. The second-order valence-corrected chi connectivity index (χ2v) is 15.2. The summed E-state index contributed by atoms with van der Waals surface area (Å²) in [5.41, 5.74) is 1.01. The van der Waals surface area contributed by atoms with Crippen molar-refractivity contribution in [3.63, 3.8) is 0 Å². The van der Waals surface area contributed by atoms with E-state index in [1.165, 1.54) is 0 Å². The van der Waals surface area contributed by atoms with Crippen LogP contribution in [0.2, 0.25) is 18.6 Å². The third-order valence-corrected chi connectivity index (χ3v) is 10.7. The lowest BCUT2D eigenvalue weighted by atomic mass is 9.94. The monoisotopic (exact) mass is 559 g/mol. The Morgan fingerprint density at radius 1 is 1.16 bits per heavy atom. The fourth-order valence-corrected chi connectivity index (χ4v) is 5.71. The van der Waals surface area contributed by atoms with Crippen molar-refractivity contribution in [3.8, 4) is 11.5 Å². The van der Waals surface area contributed by atoms with Gasteiger partial charge in [0.05, 0.1) is 17.7 Å². The van der Waals surface area contributed by atoms with Crippen LogP contribution >= 0.6 is 22.6 Å². The fraction of sp³-hybridized carbons (Fsp3) is 0.591. The van der Waals surface area contributed by atoms with Crippen molar-refractivity contribution in [1.82, 2.24) is 5.32 Å². The number of benzene rings is 1. The molecule has 0 unspecified atom stereocenters. The smallest absolute Gasteiger partial charge is 0.253 e. The highest BCUT2D eigenvalue weighted by Gasteiger charge is 2.51. The van der Waals surface area contributed by atoms with E-state index in [1.54, 1.807) is 6.07 Å². The molecule has 1 N–H and O–H groups in total. The molecule has 1 aromatic rings. The lowest BCUT2D eigenvalue weighted by Crippen LogP contribution is -2.54. The molecule has 3 aliphatic rings. The number of hydrogen-bond donors (Lipinski definition) is 1. The molecule has 0 radical (unpaired) electrons. The maximum absolute atomic E-state index is 13.1. The fourth-order valence-electron chi connectivity index (χ4n) is 3.84. The van der Waals surface area contributed by atoms with Crippen LogP contribution in [-0.2, 0) is 13.9 Å². The van der Waals surface area contributed by atoms with Crippen LogP contribution in [0, 0.1) is 3.57 Å². The minimum atomic E-state index is -1.90. The number of rotatable bonds is 5. The molecular weight excluding hydrogens is 529 g/mol. The van der Waals surface area contributed by atoms with Crippen molar-refractivity contribution in [2.24, 2.45) is 0 Å². The first-order valence-electron chi connectivity index (χ1n) is 10.6. The second-order valence-electron chi connectivity index (χ2n) is 9.47. The van der Waals surface area contributed by atoms with Crippen LogP contribution in [0.4, 0.5) is 0 Å². The number of carbonyl (C=O) groups is 1. The summed E-state index contributed by atoms with van der Waals surface area (Å²) in [6.45, 7) is 12.8. The number of hydrogen-bond acceptors (Lipinski definition) is 6. The zero-order valence-corrected chi connectivity index (χ0v) is 21.9. The molecule has 170 valence electrons. The Morgan fingerprint density at radius 3 is 2.48 bits per heavy atom. The lowest BCUT2D eigenvalue weighted by Gasteiger charge is -2.38. The van der Waals surface area contributed by atoms with Crippen LogP contribution < -0.4 is 14.8 Å². The number of carbonyl (C=O) groups excluding carboxylic acids is 1. The van der Waals surface area contributed by atoms with Crippen molar-refractivity contribution in [2.75, 3.05) is 6.79 Å². The zero-order chi connectivity index (χ0) is 22.6. The maximum Gasteiger partial charge on any atom is 0.253 e. The summed E-state index contributed by atoms with van der Waals surface area (Å²) >= 11 is 2.14. The minimum absolute atomic E-state index is 0.170. The van der Waals surface area contributed by atoms with Gasteiger partial charge in [-0.3, -0.25) is 4.79 Å². The molecule has 31 heavy (non-hydrogen) atoms. The Labute approximate surface area is 198 Å². The van der Waals surface area contributed by atoms with Gasteiger partial charge in [-0.2, -0.15) is 0 Å². The quantitative estimate of drug-likeness (QED) is 0.331. The molecule has 7 nitrogen and oxygen atoms in total. The molecule has 1 aliphatic carbocycles. The molecule has 1 aromatic carbocycles. The van der Waals surface area contributed by atoms with Gasteiger partial charge >= 0.3 is 0 Å². The highest BCUT2D eigenvalue weighted by atomic mass is 127. The highest BCUT2D eigenvalue weighted by molar-refractivity contribution is 14.1. The molecule has 0 aromatic heterocycles. The highest BCUT2D eigenvalue weighted by Crippen LogP contribution is 2.39. The van der Waals surface area contributed by atoms with Gasteiger partial charge in [0.25, 0.3) is 5.91 Å². The lowest BCUT2D eigenvalue weighted by molar-refractivity contribution is -0.151. The van der Waals surface area contributed by atoms with Crippen molar-refractivity contribution in [3.05, 3.63) is 33.4 Å². The number of ether oxygens (including phenoxy) is 4. The maximum atomic E-state index is 13.1. The van der Waals surface area contributed by atoms with Crippen molar-refractivity contribution >= 4 is 36.8 Å². The Morgan fingerprint density at radius 2 is 1.81 bits per heavy atom. The normalized spacial score (nSPS) is 28.6. The predicted molar refractivity (Wildman–Crippen MR) is 127 cm³/mol. The molecule has 0 saturated carbocycles. The summed E-state index contributed by atoms with van der Waals surface area (Å²) < 4.78 is 30.6. The van der Waals surface area contributed by atoms with Gasteiger partial charge in [-0.15, -0.1) is 0 Å². The summed E-state index contributed by atoms with van der Waals surface area (Å²) in [5, 5.41) is 3.11. The molecule has 9 heteroatoms. The van der Waals surface area contributed by atoms with E-state index in [2.05, 4.69) is 54.8 Å². The molecular formula is C22H30INO6Si. The molecule has 0 spiro atoms. The van der Waals surface area contributed by atoms with Crippen LogP contribution in [0.15, 0.2) is 24.3 Å². The number of fused-ring (bicyclic) bond motifs is 2. The SMILES string of the molecule is CC(C)[Si](C)(C)O[C@@H]1C=C[C@@H](NC(=O)c2cc3c(cc2I)OCO3)[C@@H]2OC(C)(C)O[C@@H]21. The average Bonchev–Trinajstić information content (AvgIpc) is 3.25. The van der Waals surface area contributed by atoms with E-state index in [0.29, 0.717) is 22.6 Å². The predicted octanol–water partition coefficient (Wildman–Crippen LogP) is 4.21. The van der Waals surface area contributed by atoms with Gasteiger partial charge in [0, 0.05) is 3.57 Å². The van der Waals surface area contributed by atoms with Gasteiger partial charge in [0.2, 0.25) is 6.79 Å². The summed E-state index contributed by atoms with van der Waals surface area (Å²) in [6.07, 6.45) is 3.16. The summed E-state index contributed by atoms with van der Waals surface area (Å²) in [5.74, 6) is 0.298. The van der Waals surface area contributed by atoms with Crippen LogP contribution in [-0.4, -0.2) is 51.2 Å². The van der Waals surface area contributed by atoms with E-state index in [9.17, 15) is 4.79 Å². The largest absolute Gasteiger partial charge is 0.454 e. The van der Waals surface area contributed by atoms with Crippen LogP contribution in [0.25, 0.3) is 0 Å². The van der Waals surface area contributed by atoms with E-state index >= 15 is 0 Å². The Bertz CT molecular complexity index is 902. The van der Waals surface area contributed by atoms with Gasteiger partial charge in [-0.25, -0.2) is 0 Å². The van der Waals surface area contributed by atoms with Crippen molar-refractivity contribution < 1.29 is 28.2 Å². The van der Waals surface area contributed by atoms with E-state index in [4.69, 9.17) is 23.4 Å². The third-order valence-electron chi connectivity index (χ3n) is 6.18.